The number of nitrogens with zero attached hydrogens (tertiary/aromatic N) is 1. The van der Waals surface area contributed by atoms with Crippen molar-refractivity contribution in [2.45, 2.75) is 6.54 Å². The van der Waals surface area contributed by atoms with E-state index >= 15 is 0 Å². The maximum Gasteiger partial charge on any atom is 0.268 e. The van der Waals surface area contributed by atoms with Crippen molar-refractivity contribution >= 4 is 29.1 Å². The van der Waals surface area contributed by atoms with Gasteiger partial charge in [0.05, 0.1) is 10.0 Å². The van der Waals surface area contributed by atoms with E-state index in [1.165, 1.54) is 0 Å². The second kappa shape index (κ2) is 6.10. The third kappa shape index (κ3) is 3.00. The number of carbonyl (C=O) groups is 1. The van der Waals surface area contributed by atoms with Crippen molar-refractivity contribution in [3.63, 3.8) is 0 Å². The van der Waals surface area contributed by atoms with Crippen molar-refractivity contribution in [1.29, 1.82) is 0 Å². The Morgan fingerprint density at radius 3 is 2.77 bits per heavy atom. The van der Waals surface area contributed by atoms with Crippen molar-refractivity contribution in [3.05, 3.63) is 45.7 Å². The first kappa shape index (κ1) is 15.1. The number of amides is 1. The SMILES string of the molecule is Cn1cc(Cl)cc1C(=O)NCc1cc(Cl)c2c(c1)OCCO2. The van der Waals surface area contributed by atoms with Crippen LogP contribution >= 0.6 is 23.2 Å². The van der Waals surface area contributed by atoms with Crippen molar-refractivity contribution in [1.82, 2.24) is 9.88 Å². The van der Waals surface area contributed by atoms with Crippen LogP contribution in [0.2, 0.25) is 10.0 Å². The fourth-order valence-corrected chi connectivity index (χ4v) is 2.83. The molecule has 1 aromatic heterocycles. The van der Waals surface area contributed by atoms with Crippen LogP contribution in [0.5, 0.6) is 11.5 Å². The van der Waals surface area contributed by atoms with Crippen LogP contribution in [0, 0.1) is 0 Å². The number of aromatic nitrogens is 1. The van der Waals surface area contributed by atoms with Crippen LogP contribution in [0.25, 0.3) is 0 Å². The summed E-state index contributed by atoms with van der Waals surface area (Å²) in [6.07, 6.45) is 1.68. The molecule has 0 saturated heterocycles. The highest BCUT2D eigenvalue weighted by Gasteiger charge is 2.17. The molecule has 0 atom stereocenters. The summed E-state index contributed by atoms with van der Waals surface area (Å²) < 4.78 is 12.7. The number of ether oxygens (including phenoxy) is 2. The number of fused-ring (bicyclic) bond motifs is 1. The largest absolute Gasteiger partial charge is 0.486 e. The van der Waals surface area contributed by atoms with Gasteiger partial charge in [0.1, 0.15) is 18.9 Å². The van der Waals surface area contributed by atoms with Gasteiger partial charge in [0.15, 0.2) is 11.5 Å². The molecule has 116 valence electrons. The highest BCUT2D eigenvalue weighted by molar-refractivity contribution is 6.32. The van der Waals surface area contributed by atoms with Gasteiger partial charge in [-0.1, -0.05) is 23.2 Å². The second-order valence-corrected chi connectivity index (χ2v) is 5.78. The quantitative estimate of drug-likeness (QED) is 0.934. The molecule has 5 nitrogen and oxygen atoms in total. The predicted molar refractivity (Wildman–Crippen MR) is 84.0 cm³/mol. The standard InChI is InChI=1S/C15H14Cl2N2O3/c1-19-8-10(16)6-12(19)15(20)18-7-9-4-11(17)14-13(5-9)21-2-3-22-14/h4-6,8H,2-3,7H2,1H3,(H,18,20). The summed E-state index contributed by atoms with van der Waals surface area (Å²) in [7, 11) is 1.77. The smallest absolute Gasteiger partial charge is 0.268 e. The monoisotopic (exact) mass is 340 g/mol. The molecule has 3 rings (SSSR count). The van der Waals surface area contributed by atoms with Gasteiger partial charge >= 0.3 is 0 Å². The van der Waals surface area contributed by atoms with Crippen molar-refractivity contribution in [3.8, 4) is 11.5 Å². The van der Waals surface area contributed by atoms with E-state index in [9.17, 15) is 4.79 Å². The Labute approximate surface area is 137 Å². The van der Waals surface area contributed by atoms with Gasteiger partial charge in [-0.05, 0) is 23.8 Å². The molecule has 0 bridgehead atoms. The molecule has 1 aromatic carbocycles. The Morgan fingerprint density at radius 1 is 1.27 bits per heavy atom. The van der Waals surface area contributed by atoms with E-state index in [2.05, 4.69) is 5.32 Å². The fraction of sp³-hybridized carbons (Fsp3) is 0.267. The lowest BCUT2D eigenvalue weighted by Gasteiger charge is -2.20. The lowest BCUT2D eigenvalue weighted by Crippen LogP contribution is -2.25. The zero-order chi connectivity index (χ0) is 15.7. The Kier molecular flexibility index (Phi) is 4.18. The molecular weight excluding hydrogens is 327 g/mol. The topological polar surface area (TPSA) is 52.5 Å². The summed E-state index contributed by atoms with van der Waals surface area (Å²) in [4.78, 5) is 12.1. The van der Waals surface area contributed by atoms with E-state index in [-0.39, 0.29) is 5.91 Å². The second-order valence-electron chi connectivity index (χ2n) is 4.94. The third-order valence-corrected chi connectivity index (χ3v) is 3.80. The Hall–Kier alpha value is -1.85. The van der Waals surface area contributed by atoms with Gasteiger partial charge in [-0.3, -0.25) is 4.79 Å². The first-order valence-corrected chi connectivity index (χ1v) is 7.48. The van der Waals surface area contributed by atoms with Crippen molar-refractivity contribution in [2.75, 3.05) is 13.2 Å². The molecular formula is C15H14Cl2N2O3. The number of halogens is 2. The minimum atomic E-state index is -0.208. The minimum Gasteiger partial charge on any atom is -0.486 e. The van der Waals surface area contributed by atoms with Gasteiger partial charge in [-0.15, -0.1) is 0 Å². The molecule has 0 spiro atoms. The van der Waals surface area contributed by atoms with Crippen LogP contribution in [0.15, 0.2) is 24.4 Å². The molecule has 2 heterocycles. The van der Waals surface area contributed by atoms with Crippen LogP contribution in [-0.2, 0) is 13.6 Å². The lowest BCUT2D eigenvalue weighted by molar-refractivity contribution is 0.0942. The van der Waals surface area contributed by atoms with E-state index < -0.39 is 0 Å². The molecule has 1 aliphatic heterocycles. The Morgan fingerprint density at radius 2 is 2.05 bits per heavy atom. The highest BCUT2D eigenvalue weighted by Crippen LogP contribution is 2.38. The van der Waals surface area contributed by atoms with Gasteiger partial charge < -0.3 is 19.4 Å². The van der Waals surface area contributed by atoms with Gasteiger partial charge in [0.2, 0.25) is 0 Å². The van der Waals surface area contributed by atoms with Crippen LogP contribution in [0.1, 0.15) is 16.1 Å². The summed E-state index contributed by atoms with van der Waals surface area (Å²) in [6.45, 7) is 1.30. The summed E-state index contributed by atoms with van der Waals surface area (Å²) in [6, 6.07) is 5.19. The Balaban J connectivity index is 1.73. The summed E-state index contributed by atoms with van der Waals surface area (Å²) in [5.41, 5.74) is 1.33. The summed E-state index contributed by atoms with van der Waals surface area (Å²) in [5.74, 6) is 0.947. The number of nitrogens with one attached hydrogen (secondary N) is 1. The van der Waals surface area contributed by atoms with Gasteiger partial charge in [-0.2, -0.15) is 0 Å². The van der Waals surface area contributed by atoms with Gasteiger partial charge in [0, 0.05) is 19.8 Å². The van der Waals surface area contributed by atoms with E-state index in [1.807, 2.05) is 6.07 Å². The number of carbonyl (C=O) groups excluding carboxylic acids is 1. The average Bonchev–Trinajstić information content (AvgIpc) is 2.84. The van der Waals surface area contributed by atoms with Crippen molar-refractivity contribution in [2.24, 2.45) is 7.05 Å². The summed E-state index contributed by atoms with van der Waals surface area (Å²) >= 11 is 12.0. The van der Waals surface area contributed by atoms with Crippen LogP contribution in [-0.4, -0.2) is 23.7 Å². The Bertz CT molecular complexity index is 728. The number of benzene rings is 1. The predicted octanol–water partition coefficient (Wildman–Crippen LogP) is 3.03. The van der Waals surface area contributed by atoms with E-state index in [1.54, 1.807) is 29.9 Å². The third-order valence-electron chi connectivity index (χ3n) is 3.31. The van der Waals surface area contributed by atoms with Crippen LogP contribution in [0.3, 0.4) is 0 Å². The average molecular weight is 341 g/mol. The van der Waals surface area contributed by atoms with E-state index in [4.69, 9.17) is 32.7 Å². The fourth-order valence-electron chi connectivity index (χ4n) is 2.29. The molecule has 0 unspecified atom stereocenters. The zero-order valence-electron chi connectivity index (χ0n) is 11.9. The molecule has 1 aliphatic rings. The molecule has 0 radical (unpaired) electrons. The first-order chi connectivity index (χ1) is 10.5. The summed E-state index contributed by atoms with van der Waals surface area (Å²) in [5, 5.41) is 3.83. The van der Waals surface area contributed by atoms with Gasteiger partial charge in [0.25, 0.3) is 5.91 Å². The molecule has 0 saturated carbocycles. The van der Waals surface area contributed by atoms with Crippen LogP contribution < -0.4 is 14.8 Å². The molecule has 1 N–H and O–H groups in total. The zero-order valence-corrected chi connectivity index (χ0v) is 13.4. The minimum absolute atomic E-state index is 0.208. The molecule has 1 amide bonds. The number of hydrogen-bond acceptors (Lipinski definition) is 3. The number of aryl methyl sites for hydroxylation is 1. The van der Waals surface area contributed by atoms with Crippen molar-refractivity contribution < 1.29 is 14.3 Å². The highest BCUT2D eigenvalue weighted by atomic mass is 35.5. The molecule has 7 heteroatoms. The number of rotatable bonds is 3. The first-order valence-electron chi connectivity index (χ1n) is 6.72. The van der Waals surface area contributed by atoms with Crippen LogP contribution in [0.4, 0.5) is 0 Å². The molecule has 0 fully saturated rings. The van der Waals surface area contributed by atoms with Gasteiger partial charge in [-0.25, -0.2) is 0 Å². The molecule has 22 heavy (non-hydrogen) atoms. The maximum absolute atomic E-state index is 12.1. The maximum atomic E-state index is 12.1. The van der Waals surface area contributed by atoms with E-state index in [0.29, 0.717) is 47.0 Å². The van der Waals surface area contributed by atoms with E-state index in [0.717, 1.165) is 5.56 Å². The lowest BCUT2D eigenvalue weighted by atomic mass is 10.2. The molecule has 2 aromatic rings. The normalized spacial score (nSPS) is 13.0. The molecule has 0 aliphatic carbocycles. The number of hydrogen-bond donors (Lipinski definition) is 1.